The molecule has 46 heavy (non-hydrogen) atoms. The standard InChI is InChI=1S/C33H26F3N5O5/c1-17-9-22(46-27-6-4-3-5-24(27)34)7-8-25(17)41-32(37)23(15-38-41)31(43)21-11-19-13-26(40-18(2)10-30(42)39-33(40)44)28(14-20(19)12-21)45-16-29(35)36/h3-10,12-15,29H,11,16,37H2,1-2H3,(H,39,42,44). The number of nitrogens with two attached hydrogens (primary N) is 1. The van der Waals surface area contributed by atoms with Gasteiger partial charge < -0.3 is 15.2 Å². The van der Waals surface area contributed by atoms with E-state index in [2.05, 4.69) is 10.1 Å². The number of carbonyl (C=O) groups excluding carboxylic acids is 1. The molecule has 0 radical (unpaired) electrons. The number of hydrogen-bond donors (Lipinski definition) is 2. The molecule has 0 aliphatic heterocycles. The lowest BCUT2D eigenvalue weighted by molar-refractivity contribution is 0.0818. The maximum absolute atomic E-state index is 14.0. The summed E-state index contributed by atoms with van der Waals surface area (Å²) in [4.78, 5) is 40.3. The topological polar surface area (TPSA) is 134 Å². The van der Waals surface area contributed by atoms with Crippen LogP contribution in [0.3, 0.4) is 0 Å². The number of carbonyl (C=O) groups is 1. The van der Waals surface area contributed by atoms with E-state index in [1.54, 1.807) is 49.4 Å². The second-order valence-corrected chi connectivity index (χ2v) is 10.6. The van der Waals surface area contributed by atoms with Crippen molar-refractivity contribution in [1.29, 1.82) is 0 Å². The molecule has 0 saturated carbocycles. The fourth-order valence-electron chi connectivity index (χ4n) is 5.34. The number of H-pyrrole nitrogens is 1. The van der Waals surface area contributed by atoms with Crippen molar-refractivity contribution < 1.29 is 27.4 Å². The molecule has 5 aromatic rings. The van der Waals surface area contributed by atoms with Gasteiger partial charge in [-0.2, -0.15) is 5.10 Å². The zero-order valence-corrected chi connectivity index (χ0v) is 24.5. The van der Waals surface area contributed by atoms with E-state index in [1.165, 1.54) is 42.1 Å². The third kappa shape index (κ3) is 5.70. The number of allylic oxidation sites excluding steroid dienone is 1. The molecule has 0 amide bonds. The van der Waals surface area contributed by atoms with Crippen LogP contribution in [0.4, 0.5) is 19.0 Å². The number of hydrogen-bond acceptors (Lipinski definition) is 7. The van der Waals surface area contributed by atoms with Crippen LogP contribution in [0.15, 0.2) is 82.0 Å². The van der Waals surface area contributed by atoms with E-state index >= 15 is 0 Å². The molecule has 1 aliphatic carbocycles. The number of nitrogens with one attached hydrogen (secondary N) is 1. The lowest BCUT2D eigenvalue weighted by Crippen LogP contribution is -2.30. The summed E-state index contributed by atoms with van der Waals surface area (Å²) in [5.41, 5.74) is 8.40. The molecule has 3 aromatic carbocycles. The summed E-state index contributed by atoms with van der Waals surface area (Å²) in [6, 6.07) is 15.3. The molecule has 2 aromatic heterocycles. The second kappa shape index (κ2) is 11.9. The van der Waals surface area contributed by atoms with Crippen LogP contribution in [0.25, 0.3) is 17.5 Å². The molecule has 0 saturated heterocycles. The Morgan fingerprint density at radius 2 is 1.83 bits per heavy atom. The number of nitrogen functional groups attached to an aromatic ring is 1. The number of ether oxygens (including phenoxy) is 2. The molecule has 234 valence electrons. The first kappa shape index (κ1) is 30.2. The normalized spacial score (nSPS) is 12.3. The van der Waals surface area contributed by atoms with Gasteiger partial charge in [-0.05, 0) is 79.1 Å². The number of ketones is 1. The van der Waals surface area contributed by atoms with E-state index in [4.69, 9.17) is 15.2 Å². The van der Waals surface area contributed by atoms with Crippen molar-refractivity contribution in [1.82, 2.24) is 19.3 Å². The number of aryl methyl sites for hydroxylation is 2. The van der Waals surface area contributed by atoms with Crippen molar-refractivity contribution in [2.75, 3.05) is 12.3 Å². The lowest BCUT2D eigenvalue weighted by Gasteiger charge is -2.16. The predicted octanol–water partition coefficient (Wildman–Crippen LogP) is 5.31. The number of nitrogens with zero attached hydrogens (tertiary/aromatic N) is 3. The highest BCUT2D eigenvalue weighted by molar-refractivity contribution is 6.15. The minimum Gasteiger partial charge on any atom is -0.485 e. The molecule has 2 heterocycles. The molecule has 0 fully saturated rings. The Balaban J connectivity index is 1.29. The highest BCUT2D eigenvalue weighted by Crippen LogP contribution is 2.36. The summed E-state index contributed by atoms with van der Waals surface area (Å²) in [6.45, 7) is 2.40. The Bertz CT molecular complexity index is 2170. The fraction of sp³-hybridized carbons (Fsp3) is 0.152. The zero-order valence-electron chi connectivity index (χ0n) is 24.5. The molecule has 10 nitrogen and oxygen atoms in total. The van der Waals surface area contributed by atoms with Gasteiger partial charge in [-0.25, -0.2) is 22.6 Å². The van der Waals surface area contributed by atoms with E-state index in [0.29, 0.717) is 33.7 Å². The average molecular weight is 630 g/mol. The van der Waals surface area contributed by atoms with Crippen molar-refractivity contribution in [3.63, 3.8) is 0 Å². The molecule has 0 bridgehead atoms. The first-order valence-electron chi connectivity index (χ1n) is 14.0. The maximum Gasteiger partial charge on any atom is 0.333 e. The number of anilines is 1. The lowest BCUT2D eigenvalue weighted by atomic mass is 10.0. The van der Waals surface area contributed by atoms with E-state index < -0.39 is 35.9 Å². The third-order valence-corrected chi connectivity index (χ3v) is 7.47. The van der Waals surface area contributed by atoms with Gasteiger partial charge in [-0.3, -0.25) is 19.1 Å². The number of para-hydroxylation sites is 1. The third-order valence-electron chi connectivity index (χ3n) is 7.47. The number of rotatable bonds is 9. The van der Waals surface area contributed by atoms with E-state index in [9.17, 15) is 27.6 Å². The van der Waals surface area contributed by atoms with Crippen LogP contribution in [-0.4, -0.2) is 38.1 Å². The molecule has 0 spiro atoms. The van der Waals surface area contributed by atoms with Gasteiger partial charge in [0.25, 0.3) is 12.0 Å². The summed E-state index contributed by atoms with van der Waals surface area (Å²) in [5, 5.41) is 4.34. The number of fused-ring (bicyclic) bond motifs is 1. The first-order chi connectivity index (χ1) is 22.0. The van der Waals surface area contributed by atoms with Gasteiger partial charge >= 0.3 is 5.69 Å². The number of aromatic amines is 1. The molecule has 0 unspecified atom stereocenters. The van der Waals surface area contributed by atoms with Crippen LogP contribution < -0.4 is 26.5 Å². The summed E-state index contributed by atoms with van der Waals surface area (Å²) in [7, 11) is 0. The maximum atomic E-state index is 14.0. The summed E-state index contributed by atoms with van der Waals surface area (Å²) < 4.78 is 53.8. The van der Waals surface area contributed by atoms with E-state index in [-0.39, 0.29) is 40.7 Å². The summed E-state index contributed by atoms with van der Waals surface area (Å²) in [5.74, 6) is -0.353. The highest BCUT2D eigenvalue weighted by atomic mass is 19.3. The van der Waals surface area contributed by atoms with Gasteiger partial charge in [0.1, 0.15) is 23.9 Å². The predicted molar refractivity (Wildman–Crippen MR) is 164 cm³/mol. The summed E-state index contributed by atoms with van der Waals surface area (Å²) >= 11 is 0. The SMILES string of the molecule is Cc1cc(Oc2ccccc2F)ccc1-n1ncc(C(=O)C2=Cc3cc(OCC(F)F)c(-n4c(C)cc(=O)[nH]c4=O)cc3C2)c1N. The Kier molecular flexibility index (Phi) is 7.82. The largest absolute Gasteiger partial charge is 0.485 e. The summed E-state index contributed by atoms with van der Waals surface area (Å²) in [6.07, 6.45) is 0.340. The van der Waals surface area contributed by atoms with Crippen LogP contribution >= 0.6 is 0 Å². The molecule has 3 N–H and O–H groups in total. The Morgan fingerprint density at radius 3 is 2.54 bits per heavy atom. The van der Waals surface area contributed by atoms with Crippen molar-refractivity contribution in [3.05, 3.63) is 127 Å². The minimum absolute atomic E-state index is 0.0218. The number of aromatic nitrogens is 4. The Hall–Kier alpha value is -5.85. The molecule has 13 heteroatoms. The molecular formula is C33H26F3N5O5. The van der Waals surface area contributed by atoms with Crippen LogP contribution in [0.2, 0.25) is 0 Å². The highest BCUT2D eigenvalue weighted by Gasteiger charge is 2.27. The molecule has 6 rings (SSSR count). The van der Waals surface area contributed by atoms with Crippen LogP contribution in [-0.2, 0) is 6.42 Å². The number of alkyl halides is 2. The van der Waals surface area contributed by atoms with Crippen molar-refractivity contribution in [3.8, 4) is 28.6 Å². The van der Waals surface area contributed by atoms with Crippen molar-refractivity contribution >= 4 is 17.7 Å². The van der Waals surface area contributed by atoms with Gasteiger partial charge in [-0.15, -0.1) is 0 Å². The van der Waals surface area contributed by atoms with Gasteiger partial charge in [0, 0.05) is 23.8 Å². The number of benzene rings is 3. The van der Waals surface area contributed by atoms with Gasteiger partial charge in [0.15, 0.2) is 17.3 Å². The van der Waals surface area contributed by atoms with E-state index in [1.807, 2.05) is 0 Å². The zero-order chi connectivity index (χ0) is 32.7. The van der Waals surface area contributed by atoms with Crippen LogP contribution in [0.5, 0.6) is 17.2 Å². The van der Waals surface area contributed by atoms with Crippen molar-refractivity contribution in [2.45, 2.75) is 26.7 Å². The molecular weight excluding hydrogens is 603 g/mol. The van der Waals surface area contributed by atoms with Crippen LogP contribution in [0, 0.1) is 19.7 Å². The first-order valence-corrected chi connectivity index (χ1v) is 14.0. The Morgan fingerprint density at radius 1 is 1.04 bits per heavy atom. The monoisotopic (exact) mass is 629 g/mol. The quantitative estimate of drug-likeness (QED) is 0.211. The second-order valence-electron chi connectivity index (χ2n) is 10.6. The minimum atomic E-state index is -2.78. The smallest absolute Gasteiger partial charge is 0.333 e. The van der Waals surface area contributed by atoms with Gasteiger partial charge in [-0.1, -0.05) is 12.1 Å². The molecule has 1 aliphatic rings. The van der Waals surface area contributed by atoms with Crippen molar-refractivity contribution in [2.24, 2.45) is 0 Å². The van der Waals surface area contributed by atoms with Gasteiger partial charge in [0.2, 0.25) is 0 Å². The fourth-order valence-corrected chi connectivity index (χ4v) is 5.34. The average Bonchev–Trinajstić information content (AvgIpc) is 3.59. The Labute approximate surface area is 259 Å². The number of halogens is 3. The van der Waals surface area contributed by atoms with Crippen LogP contribution in [0.1, 0.15) is 32.7 Å². The van der Waals surface area contributed by atoms with Gasteiger partial charge in [0.05, 0.1) is 23.1 Å². The molecule has 0 atom stereocenters. The number of Topliss-reactive ketones (excluding diaryl/α,β-unsaturated/α-hetero) is 1. The van der Waals surface area contributed by atoms with E-state index in [0.717, 1.165) is 4.57 Å².